The van der Waals surface area contributed by atoms with Gasteiger partial charge in [-0.1, -0.05) is 18.1 Å². The van der Waals surface area contributed by atoms with Crippen molar-refractivity contribution >= 4 is 0 Å². The summed E-state index contributed by atoms with van der Waals surface area (Å²) in [6.07, 6.45) is 0.939. The average molecular weight is 289 g/mol. The molecule has 0 spiro atoms. The molecule has 0 amide bonds. The Bertz CT molecular complexity index is 595. The number of aryl methyl sites for hydroxylation is 1. The van der Waals surface area contributed by atoms with Crippen molar-refractivity contribution in [1.82, 2.24) is 15.5 Å². The van der Waals surface area contributed by atoms with Crippen LogP contribution >= 0.6 is 0 Å². The fourth-order valence-corrected chi connectivity index (χ4v) is 2.42. The Hall–Kier alpha value is -1.88. The highest BCUT2D eigenvalue weighted by atomic mass is 16.5. The van der Waals surface area contributed by atoms with E-state index in [1.54, 1.807) is 7.11 Å². The van der Waals surface area contributed by atoms with Crippen LogP contribution in [-0.2, 0) is 0 Å². The second-order valence-corrected chi connectivity index (χ2v) is 5.25. The molecule has 5 nitrogen and oxygen atoms in total. The third kappa shape index (κ3) is 3.24. The van der Waals surface area contributed by atoms with Crippen molar-refractivity contribution in [3.05, 3.63) is 29.7 Å². The van der Waals surface area contributed by atoms with Gasteiger partial charge >= 0.3 is 0 Å². The highest BCUT2D eigenvalue weighted by Crippen LogP contribution is 2.30. The molecule has 1 heterocycles. The lowest BCUT2D eigenvalue weighted by molar-refractivity contribution is 0.322. The first-order valence-electron chi connectivity index (χ1n) is 7.26. The van der Waals surface area contributed by atoms with Gasteiger partial charge in [0, 0.05) is 6.04 Å². The summed E-state index contributed by atoms with van der Waals surface area (Å²) >= 11 is 0. The van der Waals surface area contributed by atoms with E-state index >= 15 is 0 Å². The Balaban J connectivity index is 2.35. The van der Waals surface area contributed by atoms with E-state index in [1.165, 1.54) is 0 Å². The third-order valence-electron chi connectivity index (χ3n) is 3.86. The van der Waals surface area contributed by atoms with E-state index in [-0.39, 0.29) is 12.0 Å². The topological polar surface area (TPSA) is 60.2 Å². The molecule has 0 saturated heterocycles. The van der Waals surface area contributed by atoms with E-state index in [0.717, 1.165) is 23.3 Å². The quantitative estimate of drug-likeness (QED) is 0.885. The van der Waals surface area contributed by atoms with E-state index in [9.17, 15) is 0 Å². The first-order valence-corrected chi connectivity index (χ1v) is 7.26. The van der Waals surface area contributed by atoms with Gasteiger partial charge in [0.15, 0.2) is 0 Å². The highest BCUT2D eigenvalue weighted by molar-refractivity contribution is 5.64. The second kappa shape index (κ2) is 6.72. The smallest absolute Gasteiger partial charge is 0.231 e. The van der Waals surface area contributed by atoms with Crippen molar-refractivity contribution < 1.29 is 9.26 Å². The van der Waals surface area contributed by atoms with E-state index in [0.29, 0.717) is 11.7 Å². The molecule has 0 aliphatic rings. The molecule has 1 aromatic heterocycles. The number of nitrogens with zero attached hydrogens (tertiary/aromatic N) is 2. The molecule has 1 aromatic carbocycles. The molecular weight excluding hydrogens is 266 g/mol. The number of methoxy groups -OCH3 is 1. The molecule has 0 aliphatic heterocycles. The maximum absolute atomic E-state index is 5.47. The molecule has 0 saturated carbocycles. The van der Waals surface area contributed by atoms with Gasteiger partial charge in [-0.2, -0.15) is 4.98 Å². The second-order valence-electron chi connectivity index (χ2n) is 5.25. The van der Waals surface area contributed by atoms with Crippen LogP contribution in [0.25, 0.3) is 11.4 Å². The number of ether oxygens (including phenoxy) is 1. The van der Waals surface area contributed by atoms with Crippen molar-refractivity contribution in [2.45, 2.75) is 39.2 Å². The molecule has 2 atom stereocenters. The average Bonchev–Trinajstić information content (AvgIpc) is 2.96. The van der Waals surface area contributed by atoms with Gasteiger partial charge in [0.05, 0.1) is 18.6 Å². The van der Waals surface area contributed by atoms with Crippen LogP contribution in [0.2, 0.25) is 0 Å². The van der Waals surface area contributed by atoms with Crippen LogP contribution < -0.4 is 10.1 Å². The van der Waals surface area contributed by atoms with Crippen LogP contribution in [-0.4, -0.2) is 30.3 Å². The molecule has 2 rings (SSSR count). The number of aromatic nitrogens is 2. The molecule has 21 heavy (non-hydrogen) atoms. The minimum atomic E-state index is 0.202. The molecule has 2 unspecified atom stereocenters. The van der Waals surface area contributed by atoms with Crippen LogP contribution in [0.5, 0.6) is 5.75 Å². The van der Waals surface area contributed by atoms with Crippen molar-refractivity contribution in [3.63, 3.8) is 0 Å². The summed E-state index contributed by atoms with van der Waals surface area (Å²) in [5.41, 5.74) is 1.99. The molecule has 1 N–H and O–H groups in total. The first kappa shape index (κ1) is 15.5. The molecule has 0 bridgehead atoms. The normalized spacial score (nSPS) is 14.0. The van der Waals surface area contributed by atoms with Gasteiger partial charge in [-0.3, -0.25) is 0 Å². The van der Waals surface area contributed by atoms with E-state index < -0.39 is 0 Å². The minimum absolute atomic E-state index is 0.202. The number of rotatable bonds is 6. The molecule has 0 radical (unpaired) electrons. The van der Waals surface area contributed by atoms with Crippen LogP contribution in [0.1, 0.15) is 37.6 Å². The Labute approximate surface area is 125 Å². The fraction of sp³-hybridized carbons (Fsp3) is 0.500. The summed E-state index contributed by atoms with van der Waals surface area (Å²) < 4.78 is 10.9. The minimum Gasteiger partial charge on any atom is -0.496 e. The van der Waals surface area contributed by atoms with E-state index in [1.807, 2.05) is 32.2 Å². The summed E-state index contributed by atoms with van der Waals surface area (Å²) in [6.45, 7) is 6.26. The predicted octanol–water partition coefficient (Wildman–Crippen LogP) is 3.16. The van der Waals surface area contributed by atoms with Gasteiger partial charge in [0.2, 0.25) is 11.7 Å². The lowest BCUT2D eigenvalue weighted by atomic mass is 9.98. The van der Waals surface area contributed by atoms with Gasteiger partial charge in [-0.05, 0) is 45.0 Å². The van der Waals surface area contributed by atoms with E-state index in [2.05, 4.69) is 29.3 Å². The van der Waals surface area contributed by atoms with Gasteiger partial charge < -0.3 is 14.6 Å². The Morgan fingerprint density at radius 3 is 2.76 bits per heavy atom. The lowest BCUT2D eigenvalue weighted by Crippen LogP contribution is -2.28. The molecule has 2 aromatic rings. The van der Waals surface area contributed by atoms with Crippen LogP contribution in [0.3, 0.4) is 0 Å². The number of nitrogens with one attached hydrogen (secondary N) is 1. The van der Waals surface area contributed by atoms with Gasteiger partial charge in [-0.15, -0.1) is 0 Å². The summed E-state index contributed by atoms with van der Waals surface area (Å²) in [5, 5.41) is 7.36. The zero-order valence-corrected chi connectivity index (χ0v) is 13.3. The predicted molar refractivity (Wildman–Crippen MR) is 82.6 cm³/mol. The lowest BCUT2D eigenvalue weighted by Gasteiger charge is -2.17. The Morgan fingerprint density at radius 2 is 2.14 bits per heavy atom. The SMILES string of the molecule is CCC(c1nc(-c2ccc(C)cc2OC)no1)C(C)NC. The Morgan fingerprint density at radius 1 is 1.38 bits per heavy atom. The zero-order valence-electron chi connectivity index (χ0n) is 13.3. The molecular formula is C16H23N3O2. The third-order valence-corrected chi connectivity index (χ3v) is 3.86. The summed E-state index contributed by atoms with van der Waals surface area (Å²) in [6, 6.07) is 6.23. The molecule has 5 heteroatoms. The first-order chi connectivity index (χ1) is 10.1. The van der Waals surface area contributed by atoms with Crippen molar-refractivity contribution in [1.29, 1.82) is 0 Å². The number of likely N-dealkylation sites (N-methyl/N-ethyl adjacent to an activating group) is 1. The van der Waals surface area contributed by atoms with Crippen molar-refractivity contribution in [3.8, 4) is 17.1 Å². The van der Waals surface area contributed by atoms with Gasteiger partial charge in [0.25, 0.3) is 0 Å². The maximum Gasteiger partial charge on any atom is 0.231 e. The summed E-state index contributed by atoms with van der Waals surface area (Å²) in [4.78, 5) is 4.56. The summed E-state index contributed by atoms with van der Waals surface area (Å²) in [5.74, 6) is 2.20. The van der Waals surface area contributed by atoms with Crippen molar-refractivity contribution in [2.75, 3.05) is 14.2 Å². The van der Waals surface area contributed by atoms with Crippen LogP contribution in [0.15, 0.2) is 22.7 Å². The highest BCUT2D eigenvalue weighted by Gasteiger charge is 2.23. The fourth-order valence-electron chi connectivity index (χ4n) is 2.42. The molecule has 114 valence electrons. The number of benzene rings is 1. The van der Waals surface area contributed by atoms with Crippen LogP contribution in [0.4, 0.5) is 0 Å². The maximum atomic E-state index is 5.47. The summed E-state index contributed by atoms with van der Waals surface area (Å²) in [7, 11) is 3.59. The molecule has 0 aliphatic carbocycles. The van der Waals surface area contributed by atoms with Gasteiger partial charge in [-0.25, -0.2) is 0 Å². The largest absolute Gasteiger partial charge is 0.496 e. The van der Waals surface area contributed by atoms with Crippen molar-refractivity contribution in [2.24, 2.45) is 0 Å². The standard InChI is InChI=1S/C16H23N3O2/c1-6-12(11(3)17-4)16-18-15(19-21-16)13-8-7-10(2)9-14(13)20-5/h7-9,11-12,17H,6H2,1-5H3. The number of hydrogen-bond donors (Lipinski definition) is 1. The van der Waals surface area contributed by atoms with Gasteiger partial charge in [0.1, 0.15) is 5.75 Å². The van der Waals surface area contributed by atoms with E-state index in [4.69, 9.17) is 9.26 Å². The zero-order chi connectivity index (χ0) is 15.4. The number of hydrogen-bond acceptors (Lipinski definition) is 5. The van der Waals surface area contributed by atoms with Crippen LogP contribution in [0, 0.1) is 6.92 Å². The Kier molecular flexibility index (Phi) is 4.96. The molecule has 0 fully saturated rings. The monoisotopic (exact) mass is 289 g/mol.